The molecule has 0 bridgehead atoms. The molecule has 0 amide bonds. The third-order valence-electron chi connectivity index (χ3n) is 2.12. The first-order valence-corrected chi connectivity index (χ1v) is 6.76. The summed E-state index contributed by atoms with van der Waals surface area (Å²) in [5.74, 6) is 0.792. The second kappa shape index (κ2) is 6.56. The largest absolute Gasteiger partial charge is 0.491 e. The Balaban J connectivity index is 2.28. The van der Waals surface area contributed by atoms with Crippen LogP contribution in [0.3, 0.4) is 0 Å². The number of aliphatic hydroxyl groups is 1. The molecule has 0 saturated heterocycles. The molecule has 0 aromatic heterocycles. The van der Waals surface area contributed by atoms with Crippen molar-refractivity contribution in [2.24, 2.45) is 0 Å². The molecule has 17 heavy (non-hydrogen) atoms. The molecule has 0 fully saturated rings. The highest BCUT2D eigenvalue weighted by Crippen LogP contribution is 2.13. The van der Waals surface area contributed by atoms with Crippen LogP contribution in [0.2, 0.25) is 0 Å². The van der Waals surface area contributed by atoms with Crippen molar-refractivity contribution in [2.75, 3.05) is 13.2 Å². The zero-order valence-corrected chi connectivity index (χ0v) is 12.7. The number of nitrogens with one attached hydrogen (secondary N) is 1. The molecule has 4 heteroatoms. The predicted octanol–water partition coefficient (Wildman–Crippen LogP) is 2.42. The molecule has 0 aliphatic rings. The average Bonchev–Trinajstić information content (AvgIpc) is 2.25. The standard InChI is InChI=1S/C13H20INO2/c1-13(2,3)15-8-11(16)9-17-12-6-4-10(14)5-7-12/h4-7,11,15-16H,8-9H2,1-3H3/t11-/m1/s1. The number of hydrogen-bond donors (Lipinski definition) is 2. The van der Waals surface area contributed by atoms with Gasteiger partial charge in [-0.05, 0) is 67.6 Å². The molecule has 1 atom stereocenters. The molecule has 0 saturated carbocycles. The second-order valence-electron chi connectivity index (χ2n) is 5.05. The molecule has 96 valence electrons. The third kappa shape index (κ3) is 6.85. The van der Waals surface area contributed by atoms with Crippen molar-refractivity contribution in [1.82, 2.24) is 5.32 Å². The molecule has 0 aliphatic carbocycles. The van der Waals surface area contributed by atoms with Crippen LogP contribution in [0.5, 0.6) is 5.75 Å². The van der Waals surface area contributed by atoms with Crippen LogP contribution in [0.4, 0.5) is 0 Å². The van der Waals surface area contributed by atoms with Gasteiger partial charge in [0.25, 0.3) is 0 Å². The van der Waals surface area contributed by atoms with Crippen molar-refractivity contribution in [3.63, 3.8) is 0 Å². The van der Waals surface area contributed by atoms with E-state index in [2.05, 4.69) is 48.7 Å². The van der Waals surface area contributed by atoms with Gasteiger partial charge in [0.2, 0.25) is 0 Å². The average molecular weight is 349 g/mol. The lowest BCUT2D eigenvalue weighted by Gasteiger charge is -2.22. The molecule has 1 aromatic rings. The molecule has 2 N–H and O–H groups in total. The first-order valence-electron chi connectivity index (χ1n) is 5.68. The Bertz CT molecular complexity index is 332. The van der Waals surface area contributed by atoms with Gasteiger partial charge < -0.3 is 15.2 Å². The van der Waals surface area contributed by atoms with Crippen LogP contribution >= 0.6 is 22.6 Å². The smallest absolute Gasteiger partial charge is 0.119 e. The maximum absolute atomic E-state index is 9.74. The van der Waals surface area contributed by atoms with Crippen LogP contribution in [0.15, 0.2) is 24.3 Å². The van der Waals surface area contributed by atoms with E-state index in [0.29, 0.717) is 13.2 Å². The number of aliphatic hydroxyl groups excluding tert-OH is 1. The fraction of sp³-hybridized carbons (Fsp3) is 0.538. The Morgan fingerprint density at radius 3 is 2.41 bits per heavy atom. The van der Waals surface area contributed by atoms with Crippen molar-refractivity contribution in [3.05, 3.63) is 27.8 Å². The van der Waals surface area contributed by atoms with E-state index in [-0.39, 0.29) is 5.54 Å². The third-order valence-corrected chi connectivity index (χ3v) is 2.84. The number of rotatable bonds is 5. The Morgan fingerprint density at radius 1 is 1.29 bits per heavy atom. The number of ether oxygens (including phenoxy) is 1. The molecule has 0 heterocycles. The molecule has 1 aromatic carbocycles. The van der Waals surface area contributed by atoms with Gasteiger partial charge in [-0.3, -0.25) is 0 Å². The molecule has 0 unspecified atom stereocenters. The fourth-order valence-electron chi connectivity index (χ4n) is 1.21. The lowest BCUT2D eigenvalue weighted by molar-refractivity contribution is 0.100. The van der Waals surface area contributed by atoms with E-state index in [1.54, 1.807) is 0 Å². The second-order valence-corrected chi connectivity index (χ2v) is 6.30. The van der Waals surface area contributed by atoms with Gasteiger partial charge >= 0.3 is 0 Å². The van der Waals surface area contributed by atoms with Crippen molar-refractivity contribution in [3.8, 4) is 5.75 Å². The molecule has 0 spiro atoms. The molecule has 0 radical (unpaired) electrons. The van der Waals surface area contributed by atoms with Crippen LogP contribution in [0, 0.1) is 3.57 Å². The number of benzene rings is 1. The minimum Gasteiger partial charge on any atom is -0.491 e. The van der Waals surface area contributed by atoms with Crippen LogP contribution in [0.25, 0.3) is 0 Å². The number of halogens is 1. The first kappa shape index (κ1) is 14.7. The zero-order valence-electron chi connectivity index (χ0n) is 10.5. The molecular weight excluding hydrogens is 329 g/mol. The van der Waals surface area contributed by atoms with Gasteiger partial charge in [-0.1, -0.05) is 0 Å². The maximum atomic E-state index is 9.74. The summed E-state index contributed by atoms with van der Waals surface area (Å²) in [6.07, 6.45) is -0.492. The molecule has 1 rings (SSSR count). The number of β-amino-alcohol motifs (C(OH)–C–C–N with tert-alkyl or cyclic N) is 1. The van der Waals surface area contributed by atoms with E-state index in [1.165, 1.54) is 3.57 Å². The minimum absolute atomic E-state index is 0.0177. The Labute approximate surface area is 117 Å². The summed E-state index contributed by atoms with van der Waals surface area (Å²) < 4.78 is 6.67. The summed E-state index contributed by atoms with van der Waals surface area (Å²) in [4.78, 5) is 0. The summed E-state index contributed by atoms with van der Waals surface area (Å²) in [7, 11) is 0. The Hall–Kier alpha value is -0.330. The summed E-state index contributed by atoms with van der Waals surface area (Å²) in [6.45, 7) is 7.05. The number of hydrogen-bond acceptors (Lipinski definition) is 3. The fourth-order valence-corrected chi connectivity index (χ4v) is 1.57. The summed E-state index contributed by atoms with van der Waals surface area (Å²) >= 11 is 2.25. The van der Waals surface area contributed by atoms with Gasteiger partial charge in [-0.15, -0.1) is 0 Å². The first-order chi connectivity index (χ1) is 7.87. The van der Waals surface area contributed by atoms with E-state index in [1.807, 2.05) is 24.3 Å². The predicted molar refractivity (Wildman–Crippen MR) is 78.4 cm³/mol. The van der Waals surface area contributed by atoms with Crippen molar-refractivity contribution in [2.45, 2.75) is 32.4 Å². The normalized spacial score (nSPS) is 13.5. The lowest BCUT2D eigenvalue weighted by Crippen LogP contribution is -2.42. The quantitative estimate of drug-likeness (QED) is 0.803. The van der Waals surface area contributed by atoms with E-state index in [9.17, 15) is 5.11 Å². The van der Waals surface area contributed by atoms with Crippen LogP contribution in [-0.4, -0.2) is 29.9 Å². The van der Waals surface area contributed by atoms with E-state index < -0.39 is 6.10 Å². The molecule has 0 aliphatic heterocycles. The monoisotopic (exact) mass is 349 g/mol. The maximum Gasteiger partial charge on any atom is 0.119 e. The highest BCUT2D eigenvalue weighted by Gasteiger charge is 2.12. The highest BCUT2D eigenvalue weighted by atomic mass is 127. The van der Waals surface area contributed by atoms with Crippen molar-refractivity contribution < 1.29 is 9.84 Å². The lowest BCUT2D eigenvalue weighted by atomic mass is 10.1. The molecular formula is C13H20INO2. The van der Waals surface area contributed by atoms with Gasteiger partial charge in [-0.2, -0.15) is 0 Å². The van der Waals surface area contributed by atoms with Gasteiger partial charge in [0.15, 0.2) is 0 Å². The summed E-state index contributed by atoms with van der Waals surface area (Å²) in [5, 5.41) is 13.0. The Kier molecular flexibility index (Phi) is 5.69. The van der Waals surface area contributed by atoms with Gasteiger partial charge in [0.1, 0.15) is 18.5 Å². The van der Waals surface area contributed by atoms with E-state index >= 15 is 0 Å². The molecule has 3 nitrogen and oxygen atoms in total. The summed E-state index contributed by atoms with van der Waals surface area (Å²) in [6, 6.07) is 7.78. The van der Waals surface area contributed by atoms with Crippen LogP contribution < -0.4 is 10.1 Å². The summed E-state index contributed by atoms with van der Waals surface area (Å²) in [5.41, 5.74) is 0.0177. The van der Waals surface area contributed by atoms with Crippen molar-refractivity contribution >= 4 is 22.6 Å². The Morgan fingerprint density at radius 2 is 1.88 bits per heavy atom. The van der Waals surface area contributed by atoms with Gasteiger partial charge in [0.05, 0.1) is 0 Å². The van der Waals surface area contributed by atoms with E-state index in [0.717, 1.165) is 5.75 Å². The SMILES string of the molecule is CC(C)(C)NC[C@@H](O)COc1ccc(I)cc1. The van der Waals surface area contributed by atoms with Crippen LogP contribution in [0.1, 0.15) is 20.8 Å². The van der Waals surface area contributed by atoms with Crippen LogP contribution in [-0.2, 0) is 0 Å². The van der Waals surface area contributed by atoms with Crippen molar-refractivity contribution in [1.29, 1.82) is 0 Å². The highest BCUT2D eigenvalue weighted by molar-refractivity contribution is 14.1. The topological polar surface area (TPSA) is 41.5 Å². The zero-order chi connectivity index (χ0) is 12.9. The van der Waals surface area contributed by atoms with Gasteiger partial charge in [-0.25, -0.2) is 0 Å². The van der Waals surface area contributed by atoms with E-state index in [4.69, 9.17) is 4.74 Å². The van der Waals surface area contributed by atoms with Gasteiger partial charge in [0, 0.05) is 15.7 Å². The minimum atomic E-state index is -0.492.